The Morgan fingerprint density at radius 3 is 2.84 bits per heavy atom. The third kappa shape index (κ3) is 4.05. The average molecular weight is 371 g/mol. The Morgan fingerprint density at radius 1 is 1.37 bits per heavy atom. The number of hydrogen-bond donors (Lipinski definition) is 2. The Labute approximate surface area is 122 Å². The number of nitrogens with zero attached hydrogens (tertiary/aromatic N) is 1. The molecule has 98 valence electrons. The molecule has 7 heteroatoms. The van der Waals surface area contributed by atoms with Crippen LogP contribution in [-0.2, 0) is 11.3 Å². The second-order valence-electron chi connectivity index (χ2n) is 3.60. The van der Waals surface area contributed by atoms with Crippen molar-refractivity contribution >= 4 is 34.5 Å². The van der Waals surface area contributed by atoms with Gasteiger partial charge in [-0.3, -0.25) is 10.3 Å². The molecule has 0 spiro atoms. The van der Waals surface area contributed by atoms with Crippen LogP contribution >= 0.6 is 22.6 Å². The van der Waals surface area contributed by atoms with E-state index in [-0.39, 0.29) is 12.4 Å². The van der Waals surface area contributed by atoms with Crippen molar-refractivity contribution in [3.8, 4) is 0 Å². The number of halogens is 1. The average Bonchev–Trinajstić information content (AvgIpc) is 2.42. The van der Waals surface area contributed by atoms with Gasteiger partial charge in [0, 0.05) is 6.20 Å². The topological polar surface area (TPSA) is 84.1 Å². The minimum Gasteiger partial charge on any atom is -0.444 e. The second-order valence-corrected chi connectivity index (χ2v) is 4.76. The molecule has 6 nitrogen and oxygen atoms in total. The number of benzene rings is 1. The largest absolute Gasteiger partial charge is 0.444 e. The monoisotopic (exact) mass is 371 g/mol. The maximum Gasteiger partial charge on any atom is 0.413 e. The van der Waals surface area contributed by atoms with Gasteiger partial charge in [0.15, 0.2) is 0 Å². The molecule has 0 bridgehead atoms. The van der Waals surface area contributed by atoms with Crippen molar-refractivity contribution in [3.05, 3.63) is 56.1 Å². The van der Waals surface area contributed by atoms with Crippen molar-refractivity contribution in [1.82, 2.24) is 9.97 Å². The molecular formula is C12H10IN3O3. The lowest BCUT2D eigenvalue weighted by Gasteiger charge is -2.07. The van der Waals surface area contributed by atoms with Crippen molar-refractivity contribution in [2.75, 3.05) is 5.32 Å². The normalized spacial score (nSPS) is 9.95. The fraction of sp³-hybridized carbons (Fsp3) is 0.0833. The summed E-state index contributed by atoms with van der Waals surface area (Å²) >= 11 is 1.95. The van der Waals surface area contributed by atoms with E-state index in [0.29, 0.717) is 3.57 Å². The summed E-state index contributed by atoms with van der Waals surface area (Å²) in [6.45, 7) is 0.165. The van der Waals surface area contributed by atoms with Crippen molar-refractivity contribution in [2.24, 2.45) is 0 Å². The number of hydrogen-bond acceptors (Lipinski definition) is 4. The van der Waals surface area contributed by atoms with Gasteiger partial charge in [0.05, 0.1) is 3.57 Å². The number of carbonyl (C=O) groups excluding carboxylic acids is 1. The van der Waals surface area contributed by atoms with Crippen LogP contribution in [0.2, 0.25) is 0 Å². The van der Waals surface area contributed by atoms with Crippen LogP contribution in [0.25, 0.3) is 0 Å². The smallest absolute Gasteiger partial charge is 0.413 e. The lowest BCUT2D eigenvalue weighted by Crippen LogP contribution is -2.19. The van der Waals surface area contributed by atoms with Crippen molar-refractivity contribution < 1.29 is 9.53 Å². The maximum absolute atomic E-state index is 11.6. The third-order valence-electron chi connectivity index (χ3n) is 2.21. The van der Waals surface area contributed by atoms with E-state index >= 15 is 0 Å². The van der Waals surface area contributed by atoms with Gasteiger partial charge >= 0.3 is 11.8 Å². The molecule has 2 N–H and O–H groups in total. The molecule has 0 aliphatic heterocycles. The molecule has 0 radical (unpaired) electrons. The van der Waals surface area contributed by atoms with E-state index in [0.717, 1.165) is 5.56 Å². The van der Waals surface area contributed by atoms with Crippen LogP contribution in [0.15, 0.2) is 41.3 Å². The van der Waals surface area contributed by atoms with Gasteiger partial charge in [-0.25, -0.2) is 14.6 Å². The highest BCUT2D eigenvalue weighted by Crippen LogP contribution is 2.11. The molecule has 2 aromatic rings. The highest BCUT2D eigenvalue weighted by Gasteiger charge is 2.07. The molecule has 0 aliphatic rings. The Bertz CT molecular complexity index is 628. The van der Waals surface area contributed by atoms with Crippen molar-refractivity contribution in [3.63, 3.8) is 0 Å². The summed E-state index contributed by atoms with van der Waals surface area (Å²) in [5, 5.41) is 2.46. The van der Waals surface area contributed by atoms with Gasteiger partial charge in [0.2, 0.25) is 0 Å². The first kappa shape index (κ1) is 13.5. The molecule has 1 heterocycles. The van der Waals surface area contributed by atoms with Gasteiger partial charge in [-0.1, -0.05) is 30.3 Å². The lowest BCUT2D eigenvalue weighted by atomic mass is 10.2. The minimum atomic E-state index is -0.636. The molecular weight excluding hydrogens is 361 g/mol. The van der Waals surface area contributed by atoms with Crippen LogP contribution in [0.1, 0.15) is 5.56 Å². The SMILES string of the molecule is O=C(Nc1[nH]c(=O)ncc1I)OCc1ccccc1. The molecule has 0 fully saturated rings. The number of H-pyrrole nitrogens is 1. The fourth-order valence-electron chi connectivity index (χ4n) is 1.33. The fourth-order valence-corrected chi connectivity index (χ4v) is 1.74. The number of nitrogens with one attached hydrogen (secondary N) is 2. The number of aromatic nitrogens is 2. The molecule has 2 rings (SSSR count). The van der Waals surface area contributed by atoms with Crippen LogP contribution < -0.4 is 11.0 Å². The highest BCUT2D eigenvalue weighted by atomic mass is 127. The maximum atomic E-state index is 11.6. The number of rotatable bonds is 3. The molecule has 1 aromatic heterocycles. The summed E-state index contributed by atoms with van der Waals surface area (Å²) in [5.74, 6) is 0.277. The zero-order chi connectivity index (χ0) is 13.7. The van der Waals surface area contributed by atoms with Gasteiger partial charge in [0.25, 0.3) is 0 Å². The Balaban J connectivity index is 1.94. The first-order valence-electron chi connectivity index (χ1n) is 5.37. The Kier molecular flexibility index (Phi) is 4.50. The van der Waals surface area contributed by atoms with Gasteiger partial charge < -0.3 is 4.74 Å². The van der Waals surface area contributed by atoms with E-state index in [9.17, 15) is 9.59 Å². The first-order valence-corrected chi connectivity index (χ1v) is 6.45. The molecule has 0 unspecified atom stereocenters. The standard InChI is InChI=1S/C12H10IN3O3/c13-9-6-14-11(17)15-10(9)16-12(18)19-7-8-4-2-1-3-5-8/h1-6H,7H2,(H2,14,15,16,17,18). The number of anilines is 1. The summed E-state index contributed by atoms with van der Waals surface area (Å²) in [6, 6.07) is 9.31. The third-order valence-corrected chi connectivity index (χ3v) is 3.02. The lowest BCUT2D eigenvalue weighted by molar-refractivity contribution is 0.155. The second kappa shape index (κ2) is 6.32. The van der Waals surface area contributed by atoms with Gasteiger partial charge in [-0.05, 0) is 28.2 Å². The number of amides is 1. The first-order chi connectivity index (χ1) is 9.15. The Morgan fingerprint density at radius 2 is 2.11 bits per heavy atom. The zero-order valence-corrected chi connectivity index (χ0v) is 11.9. The van der Waals surface area contributed by atoms with E-state index in [1.54, 1.807) is 0 Å². The zero-order valence-electron chi connectivity index (χ0n) is 9.72. The van der Waals surface area contributed by atoms with Gasteiger partial charge in [-0.15, -0.1) is 0 Å². The summed E-state index contributed by atoms with van der Waals surface area (Å²) in [4.78, 5) is 28.6. The number of aromatic amines is 1. The van der Waals surface area contributed by atoms with E-state index in [2.05, 4.69) is 15.3 Å². The van der Waals surface area contributed by atoms with Crippen LogP contribution in [0, 0.1) is 3.57 Å². The predicted octanol–water partition coefficient (Wildman–Crippen LogP) is 2.12. The quantitative estimate of drug-likeness (QED) is 0.810. The van der Waals surface area contributed by atoms with E-state index in [1.807, 2.05) is 52.9 Å². The van der Waals surface area contributed by atoms with Crippen LogP contribution in [0.3, 0.4) is 0 Å². The van der Waals surface area contributed by atoms with Crippen LogP contribution in [0.5, 0.6) is 0 Å². The molecule has 0 saturated heterocycles. The molecule has 1 amide bonds. The van der Waals surface area contributed by atoms with Gasteiger partial charge in [0.1, 0.15) is 12.4 Å². The summed E-state index contributed by atoms with van der Waals surface area (Å²) in [7, 11) is 0. The molecule has 19 heavy (non-hydrogen) atoms. The molecule has 0 saturated carbocycles. The highest BCUT2D eigenvalue weighted by molar-refractivity contribution is 14.1. The van der Waals surface area contributed by atoms with E-state index in [4.69, 9.17) is 4.74 Å². The van der Waals surface area contributed by atoms with E-state index in [1.165, 1.54) is 6.20 Å². The van der Waals surface area contributed by atoms with Crippen LogP contribution in [0.4, 0.5) is 10.6 Å². The molecule has 1 aromatic carbocycles. The number of carbonyl (C=O) groups is 1. The Hall–Kier alpha value is -1.90. The molecule has 0 atom stereocenters. The predicted molar refractivity (Wildman–Crippen MR) is 77.8 cm³/mol. The van der Waals surface area contributed by atoms with Gasteiger partial charge in [-0.2, -0.15) is 0 Å². The summed E-state index contributed by atoms with van der Waals surface area (Å²) < 4.78 is 5.65. The van der Waals surface area contributed by atoms with E-state index < -0.39 is 11.8 Å². The number of ether oxygens (including phenoxy) is 1. The summed E-state index contributed by atoms with van der Waals surface area (Å²) in [6.07, 6.45) is 0.732. The van der Waals surface area contributed by atoms with Crippen molar-refractivity contribution in [1.29, 1.82) is 0 Å². The minimum absolute atomic E-state index is 0.165. The molecule has 0 aliphatic carbocycles. The summed E-state index contributed by atoms with van der Waals surface area (Å²) in [5.41, 5.74) is 0.356. The van der Waals surface area contributed by atoms with Crippen LogP contribution in [-0.4, -0.2) is 16.1 Å². The van der Waals surface area contributed by atoms with Crippen molar-refractivity contribution in [2.45, 2.75) is 6.61 Å².